The Morgan fingerprint density at radius 3 is 2.00 bits per heavy atom. The van der Waals surface area contributed by atoms with E-state index in [9.17, 15) is 0 Å². The fourth-order valence-corrected chi connectivity index (χ4v) is 2.95. The van der Waals surface area contributed by atoms with E-state index in [4.69, 9.17) is 5.26 Å². The second kappa shape index (κ2) is 7.63. The zero-order valence-corrected chi connectivity index (χ0v) is 14.1. The molecule has 0 aliphatic rings. The highest BCUT2D eigenvalue weighted by molar-refractivity contribution is 7.99. The maximum Gasteiger partial charge on any atom is 0.0991 e. The van der Waals surface area contributed by atoms with Crippen molar-refractivity contribution < 1.29 is 0 Å². The molecule has 0 atom stereocenters. The first-order chi connectivity index (χ1) is 11.7. The Hall–Kier alpha value is -2.83. The number of nitrogens with zero attached hydrogens (tertiary/aromatic N) is 2. The van der Waals surface area contributed by atoms with E-state index in [2.05, 4.69) is 66.5 Å². The Balaban J connectivity index is 1.66. The van der Waals surface area contributed by atoms with Crippen LogP contribution < -0.4 is 0 Å². The van der Waals surface area contributed by atoms with Gasteiger partial charge in [-0.15, -0.1) is 0 Å². The SMILES string of the molecule is Cc1ccc(Sc2ccc(C=Nc3ccc(C#N)cc3)cc2)cc1. The van der Waals surface area contributed by atoms with Crippen LogP contribution in [0.4, 0.5) is 5.69 Å². The summed E-state index contributed by atoms with van der Waals surface area (Å²) in [4.78, 5) is 6.87. The molecular weight excluding hydrogens is 312 g/mol. The van der Waals surface area contributed by atoms with Crippen molar-refractivity contribution >= 4 is 23.7 Å². The van der Waals surface area contributed by atoms with Crippen molar-refractivity contribution in [3.05, 3.63) is 89.5 Å². The number of rotatable bonds is 4. The Bertz CT molecular complexity index is 871. The Labute approximate surface area is 146 Å². The van der Waals surface area contributed by atoms with Gasteiger partial charge in [0.15, 0.2) is 0 Å². The average Bonchev–Trinajstić information content (AvgIpc) is 2.63. The van der Waals surface area contributed by atoms with Gasteiger partial charge < -0.3 is 0 Å². The molecule has 3 aromatic carbocycles. The summed E-state index contributed by atoms with van der Waals surface area (Å²) in [6.45, 7) is 2.09. The molecule has 2 nitrogen and oxygen atoms in total. The molecule has 0 unspecified atom stereocenters. The average molecular weight is 328 g/mol. The first-order valence-corrected chi connectivity index (χ1v) is 8.43. The molecule has 0 N–H and O–H groups in total. The number of aliphatic imine (C=N–C) groups is 1. The minimum Gasteiger partial charge on any atom is -0.256 e. The van der Waals surface area contributed by atoms with Crippen LogP contribution >= 0.6 is 11.8 Å². The maximum absolute atomic E-state index is 8.79. The molecule has 116 valence electrons. The molecule has 0 aliphatic heterocycles. The Morgan fingerprint density at radius 2 is 1.42 bits per heavy atom. The van der Waals surface area contributed by atoms with E-state index in [1.807, 2.05) is 18.3 Å². The van der Waals surface area contributed by atoms with Gasteiger partial charge in [-0.05, 0) is 61.0 Å². The van der Waals surface area contributed by atoms with Gasteiger partial charge in [-0.2, -0.15) is 5.26 Å². The van der Waals surface area contributed by atoms with Crippen molar-refractivity contribution in [1.82, 2.24) is 0 Å². The van der Waals surface area contributed by atoms with Crippen LogP contribution in [0.25, 0.3) is 0 Å². The molecule has 0 fully saturated rings. The van der Waals surface area contributed by atoms with E-state index >= 15 is 0 Å². The van der Waals surface area contributed by atoms with Gasteiger partial charge in [0.05, 0.1) is 17.3 Å². The van der Waals surface area contributed by atoms with E-state index in [0.717, 1.165) is 11.3 Å². The summed E-state index contributed by atoms with van der Waals surface area (Å²) in [5, 5.41) is 8.79. The molecule has 0 heterocycles. The van der Waals surface area contributed by atoms with Crippen LogP contribution in [0, 0.1) is 18.3 Å². The topological polar surface area (TPSA) is 36.1 Å². The van der Waals surface area contributed by atoms with Gasteiger partial charge in [-0.25, -0.2) is 0 Å². The largest absolute Gasteiger partial charge is 0.256 e. The third-order valence-electron chi connectivity index (χ3n) is 3.50. The molecule has 3 rings (SSSR count). The summed E-state index contributed by atoms with van der Waals surface area (Å²) in [6.07, 6.45) is 1.84. The molecule has 0 aliphatic carbocycles. The van der Waals surface area contributed by atoms with Gasteiger partial charge in [0.2, 0.25) is 0 Å². The smallest absolute Gasteiger partial charge is 0.0991 e. The van der Waals surface area contributed by atoms with Crippen molar-refractivity contribution in [3.8, 4) is 6.07 Å². The second-order valence-electron chi connectivity index (χ2n) is 5.40. The van der Waals surface area contributed by atoms with E-state index in [1.165, 1.54) is 15.4 Å². The van der Waals surface area contributed by atoms with Crippen molar-refractivity contribution in [2.24, 2.45) is 4.99 Å². The molecule has 0 bridgehead atoms. The van der Waals surface area contributed by atoms with Gasteiger partial charge in [-0.1, -0.05) is 41.6 Å². The quantitative estimate of drug-likeness (QED) is 0.570. The maximum atomic E-state index is 8.79. The first kappa shape index (κ1) is 16.0. The summed E-state index contributed by atoms with van der Waals surface area (Å²) in [5.74, 6) is 0. The van der Waals surface area contributed by atoms with Crippen LogP contribution in [-0.4, -0.2) is 6.21 Å². The number of hydrogen-bond donors (Lipinski definition) is 0. The van der Waals surface area contributed by atoms with Crippen LogP contribution in [-0.2, 0) is 0 Å². The van der Waals surface area contributed by atoms with Gasteiger partial charge in [0.25, 0.3) is 0 Å². The molecule has 0 amide bonds. The van der Waals surface area contributed by atoms with Gasteiger partial charge >= 0.3 is 0 Å². The van der Waals surface area contributed by atoms with Crippen LogP contribution in [0.5, 0.6) is 0 Å². The van der Waals surface area contributed by atoms with Crippen molar-refractivity contribution in [1.29, 1.82) is 5.26 Å². The highest BCUT2D eigenvalue weighted by atomic mass is 32.2. The van der Waals surface area contributed by atoms with Crippen molar-refractivity contribution in [2.45, 2.75) is 16.7 Å². The molecule has 0 spiro atoms. The molecule has 0 radical (unpaired) electrons. The predicted octanol–water partition coefficient (Wildman–Crippen LogP) is 5.77. The van der Waals surface area contributed by atoms with Gasteiger partial charge in [0, 0.05) is 16.0 Å². The lowest BCUT2D eigenvalue weighted by Crippen LogP contribution is -1.81. The first-order valence-electron chi connectivity index (χ1n) is 7.62. The predicted molar refractivity (Wildman–Crippen MR) is 100 cm³/mol. The minimum atomic E-state index is 0.645. The molecule has 0 saturated heterocycles. The van der Waals surface area contributed by atoms with Gasteiger partial charge in [0.1, 0.15) is 0 Å². The number of benzene rings is 3. The van der Waals surface area contributed by atoms with Gasteiger partial charge in [-0.3, -0.25) is 4.99 Å². The molecule has 0 aromatic heterocycles. The third-order valence-corrected chi connectivity index (χ3v) is 4.51. The molecule has 3 heteroatoms. The summed E-state index contributed by atoms with van der Waals surface area (Å²) in [6, 6.07) is 26.2. The van der Waals surface area contributed by atoms with Crippen molar-refractivity contribution in [2.75, 3.05) is 0 Å². The summed E-state index contributed by atoms with van der Waals surface area (Å²) < 4.78 is 0. The minimum absolute atomic E-state index is 0.645. The highest BCUT2D eigenvalue weighted by Gasteiger charge is 1.98. The zero-order valence-electron chi connectivity index (χ0n) is 13.3. The standard InChI is InChI=1S/C21H16N2S/c1-16-2-10-20(11-3-16)24-21-12-6-18(7-13-21)15-23-19-8-4-17(14-22)5-9-19/h2-13,15H,1H3. The second-order valence-corrected chi connectivity index (χ2v) is 6.55. The molecule has 24 heavy (non-hydrogen) atoms. The number of hydrogen-bond acceptors (Lipinski definition) is 3. The van der Waals surface area contributed by atoms with Crippen LogP contribution in [0.15, 0.2) is 87.6 Å². The summed E-state index contributed by atoms with van der Waals surface area (Å²) >= 11 is 1.75. The van der Waals surface area contributed by atoms with E-state index in [1.54, 1.807) is 23.9 Å². The third kappa shape index (κ3) is 4.34. The Morgan fingerprint density at radius 1 is 0.833 bits per heavy atom. The molecular formula is C21H16N2S. The number of nitriles is 1. The number of aryl methyl sites for hydroxylation is 1. The van der Waals surface area contributed by atoms with E-state index < -0.39 is 0 Å². The summed E-state index contributed by atoms with van der Waals surface area (Å²) in [7, 11) is 0. The molecule has 0 saturated carbocycles. The lowest BCUT2D eigenvalue weighted by molar-refractivity contribution is 1.36. The fraction of sp³-hybridized carbons (Fsp3) is 0.0476. The highest BCUT2D eigenvalue weighted by Crippen LogP contribution is 2.27. The Kier molecular flexibility index (Phi) is 5.10. The monoisotopic (exact) mass is 328 g/mol. The van der Waals surface area contributed by atoms with Crippen LogP contribution in [0.3, 0.4) is 0 Å². The van der Waals surface area contributed by atoms with Crippen molar-refractivity contribution in [3.63, 3.8) is 0 Å². The van der Waals surface area contributed by atoms with E-state index in [0.29, 0.717) is 5.56 Å². The lowest BCUT2D eigenvalue weighted by Gasteiger charge is -2.02. The normalized spacial score (nSPS) is 10.7. The molecule has 3 aromatic rings. The van der Waals surface area contributed by atoms with Crippen LogP contribution in [0.1, 0.15) is 16.7 Å². The van der Waals surface area contributed by atoms with E-state index in [-0.39, 0.29) is 0 Å². The zero-order chi connectivity index (χ0) is 16.8. The van der Waals surface area contributed by atoms with Crippen LogP contribution in [0.2, 0.25) is 0 Å². The summed E-state index contributed by atoms with van der Waals surface area (Å²) in [5.41, 5.74) is 3.81. The fourth-order valence-electron chi connectivity index (χ4n) is 2.14. The lowest BCUT2D eigenvalue weighted by atomic mass is 10.2.